The summed E-state index contributed by atoms with van der Waals surface area (Å²) < 4.78 is 1.82. The molecule has 0 bridgehead atoms. The van der Waals surface area contributed by atoms with Gasteiger partial charge in [-0.1, -0.05) is 22.9 Å². The lowest BCUT2D eigenvalue weighted by Gasteiger charge is -1.95. The number of hydrogen-bond acceptors (Lipinski definition) is 3. The first-order chi connectivity index (χ1) is 6.77. The maximum Gasteiger partial charge on any atom is 0.114 e. The number of allylic oxidation sites excluding steroid dienone is 1. The Hall–Kier alpha value is -1.29. The summed E-state index contributed by atoms with van der Waals surface area (Å²) in [6, 6.07) is 7.93. The van der Waals surface area contributed by atoms with Gasteiger partial charge >= 0.3 is 0 Å². The van der Waals surface area contributed by atoms with Crippen LogP contribution in [0.3, 0.4) is 0 Å². The molecule has 0 aliphatic carbocycles. The number of nitrogens with zero attached hydrogens (tertiary/aromatic N) is 3. The standard InChI is InChI=1S/C10H11N3S/c1-8(2)7-14-13-10-6-4-3-5-9(10)11-12-13/h3-7H,1-2H3. The Balaban J connectivity index is 2.38. The molecule has 0 aliphatic rings. The monoisotopic (exact) mass is 205 g/mol. The Kier molecular flexibility index (Phi) is 2.54. The molecule has 0 spiro atoms. The lowest BCUT2D eigenvalue weighted by atomic mass is 10.3. The molecule has 0 amide bonds. The van der Waals surface area contributed by atoms with Crippen molar-refractivity contribution in [3.63, 3.8) is 0 Å². The number of rotatable bonds is 2. The van der Waals surface area contributed by atoms with E-state index in [1.165, 1.54) is 5.57 Å². The van der Waals surface area contributed by atoms with E-state index < -0.39 is 0 Å². The molecule has 0 N–H and O–H groups in total. The molecule has 0 saturated heterocycles. The highest BCUT2D eigenvalue weighted by Gasteiger charge is 2.01. The van der Waals surface area contributed by atoms with E-state index in [2.05, 4.69) is 29.6 Å². The lowest BCUT2D eigenvalue weighted by molar-refractivity contribution is 0.913. The van der Waals surface area contributed by atoms with Crippen molar-refractivity contribution >= 4 is 23.0 Å². The molecule has 0 atom stereocenters. The van der Waals surface area contributed by atoms with Crippen LogP contribution < -0.4 is 0 Å². The molecule has 2 rings (SSSR count). The highest BCUT2D eigenvalue weighted by Crippen LogP contribution is 2.17. The van der Waals surface area contributed by atoms with Crippen molar-refractivity contribution in [1.82, 2.24) is 14.4 Å². The van der Waals surface area contributed by atoms with Gasteiger partial charge in [-0.25, -0.2) is 0 Å². The zero-order valence-corrected chi connectivity index (χ0v) is 8.95. The second-order valence-electron chi connectivity index (χ2n) is 3.25. The Morgan fingerprint density at radius 1 is 1.36 bits per heavy atom. The van der Waals surface area contributed by atoms with Crippen LogP contribution in [0.5, 0.6) is 0 Å². The zero-order valence-electron chi connectivity index (χ0n) is 8.14. The maximum absolute atomic E-state index is 4.06. The van der Waals surface area contributed by atoms with Gasteiger partial charge in [0.2, 0.25) is 0 Å². The first-order valence-electron chi connectivity index (χ1n) is 4.38. The van der Waals surface area contributed by atoms with Gasteiger partial charge in [-0.05, 0) is 31.4 Å². The Labute approximate surface area is 86.9 Å². The number of aromatic nitrogens is 3. The minimum Gasteiger partial charge on any atom is -0.182 e. The topological polar surface area (TPSA) is 30.7 Å². The van der Waals surface area contributed by atoms with E-state index in [1.807, 2.05) is 28.4 Å². The van der Waals surface area contributed by atoms with Crippen LogP contribution in [0.15, 0.2) is 35.2 Å². The summed E-state index contributed by atoms with van der Waals surface area (Å²) in [4.78, 5) is 0. The highest BCUT2D eigenvalue weighted by molar-refractivity contribution is 8.00. The predicted octanol–water partition coefficient (Wildman–Crippen LogP) is 2.85. The summed E-state index contributed by atoms with van der Waals surface area (Å²) in [5.74, 6) is 0. The Bertz CT molecular complexity index is 469. The Morgan fingerprint density at radius 3 is 2.93 bits per heavy atom. The van der Waals surface area contributed by atoms with E-state index in [4.69, 9.17) is 0 Å². The van der Waals surface area contributed by atoms with Crippen LogP contribution in [0.4, 0.5) is 0 Å². The summed E-state index contributed by atoms with van der Waals surface area (Å²) in [7, 11) is 0. The average Bonchev–Trinajstić information content (AvgIpc) is 2.58. The molecule has 14 heavy (non-hydrogen) atoms. The van der Waals surface area contributed by atoms with Crippen molar-refractivity contribution in [3.8, 4) is 0 Å². The van der Waals surface area contributed by atoms with Gasteiger partial charge in [0.1, 0.15) is 11.0 Å². The van der Waals surface area contributed by atoms with Crippen LogP contribution in [0.2, 0.25) is 0 Å². The summed E-state index contributed by atoms with van der Waals surface area (Å²) >= 11 is 1.55. The molecule has 0 saturated carbocycles. The van der Waals surface area contributed by atoms with Crippen molar-refractivity contribution < 1.29 is 0 Å². The van der Waals surface area contributed by atoms with Crippen molar-refractivity contribution in [2.75, 3.05) is 0 Å². The molecule has 0 aliphatic heterocycles. The molecule has 1 heterocycles. The van der Waals surface area contributed by atoms with Crippen molar-refractivity contribution in [2.24, 2.45) is 0 Å². The molecular weight excluding hydrogens is 194 g/mol. The summed E-state index contributed by atoms with van der Waals surface area (Å²) in [6.45, 7) is 4.12. The zero-order chi connectivity index (χ0) is 9.97. The van der Waals surface area contributed by atoms with Crippen molar-refractivity contribution in [1.29, 1.82) is 0 Å². The van der Waals surface area contributed by atoms with Gasteiger partial charge < -0.3 is 0 Å². The first kappa shape index (κ1) is 9.27. The maximum atomic E-state index is 4.06. The van der Waals surface area contributed by atoms with E-state index in [0.29, 0.717) is 0 Å². The summed E-state index contributed by atoms with van der Waals surface area (Å²) in [6.07, 6.45) is 0. The molecule has 2 aromatic rings. The molecular formula is C10H11N3S. The van der Waals surface area contributed by atoms with Gasteiger partial charge in [-0.2, -0.15) is 4.09 Å². The molecule has 1 aromatic carbocycles. The molecule has 72 valence electrons. The van der Waals surface area contributed by atoms with Gasteiger partial charge in [0.15, 0.2) is 0 Å². The predicted molar refractivity (Wildman–Crippen MR) is 59.9 cm³/mol. The minimum atomic E-state index is 0.933. The fraction of sp³-hybridized carbons (Fsp3) is 0.200. The molecule has 1 aromatic heterocycles. The largest absolute Gasteiger partial charge is 0.182 e. The second kappa shape index (κ2) is 3.84. The van der Waals surface area contributed by atoms with Gasteiger partial charge in [-0.15, -0.1) is 5.10 Å². The molecule has 0 unspecified atom stereocenters. The van der Waals surface area contributed by atoms with Crippen LogP contribution in [0.1, 0.15) is 13.8 Å². The van der Waals surface area contributed by atoms with E-state index >= 15 is 0 Å². The van der Waals surface area contributed by atoms with E-state index in [0.717, 1.165) is 11.0 Å². The average molecular weight is 205 g/mol. The summed E-state index contributed by atoms with van der Waals surface area (Å²) in [5, 5.41) is 10.2. The second-order valence-corrected chi connectivity index (χ2v) is 4.04. The molecule has 4 heteroatoms. The molecule has 3 nitrogen and oxygen atoms in total. The van der Waals surface area contributed by atoms with Gasteiger partial charge in [0.25, 0.3) is 0 Å². The smallest absolute Gasteiger partial charge is 0.114 e. The lowest BCUT2D eigenvalue weighted by Crippen LogP contribution is -1.86. The van der Waals surface area contributed by atoms with Crippen LogP contribution in [-0.2, 0) is 0 Å². The first-order valence-corrected chi connectivity index (χ1v) is 5.22. The van der Waals surface area contributed by atoms with Crippen LogP contribution >= 0.6 is 11.9 Å². The normalized spacial score (nSPS) is 10.4. The number of benzene rings is 1. The number of fused-ring (bicyclic) bond motifs is 1. The van der Waals surface area contributed by atoms with Crippen LogP contribution in [0, 0.1) is 0 Å². The fourth-order valence-corrected chi connectivity index (χ4v) is 1.74. The van der Waals surface area contributed by atoms with E-state index in [1.54, 1.807) is 11.9 Å². The fourth-order valence-electron chi connectivity index (χ4n) is 1.08. The van der Waals surface area contributed by atoms with Crippen molar-refractivity contribution in [2.45, 2.75) is 13.8 Å². The minimum absolute atomic E-state index is 0.933. The highest BCUT2D eigenvalue weighted by atomic mass is 32.2. The third-order valence-electron chi connectivity index (χ3n) is 1.71. The third kappa shape index (κ3) is 1.80. The number of hydrogen-bond donors (Lipinski definition) is 0. The van der Waals surface area contributed by atoms with Gasteiger partial charge in [0, 0.05) is 11.9 Å². The molecule has 0 fully saturated rings. The quantitative estimate of drug-likeness (QED) is 0.755. The van der Waals surface area contributed by atoms with Crippen LogP contribution in [-0.4, -0.2) is 14.4 Å². The number of para-hydroxylation sites is 1. The van der Waals surface area contributed by atoms with E-state index in [-0.39, 0.29) is 0 Å². The third-order valence-corrected chi connectivity index (χ3v) is 2.76. The summed E-state index contributed by atoms with van der Waals surface area (Å²) in [5.41, 5.74) is 3.24. The Morgan fingerprint density at radius 2 is 2.14 bits per heavy atom. The van der Waals surface area contributed by atoms with Crippen LogP contribution in [0.25, 0.3) is 11.0 Å². The van der Waals surface area contributed by atoms with E-state index in [9.17, 15) is 0 Å². The van der Waals surface area contributed by atoms with Crippen molar-refractivity contribution in [3.05, 3.63) is 35.2 Å². The molecule has 0 radical (unpaired) electrons. The SMILES string of the molecule is CC(C)=CSn1nnc2ccccc21. The van der Waals surface area contributed by atoms with Gasteiger partial charge in [0.05, 0.1) is 0 Å². The van der Waals surface area contributed by atoms with Gasteiger partial charge in [-0.3, -0.25) is 0 Å².